The second-order valence-electron chi connectivity index (χ2n) is 7.30. The molecule has 4 heterocycles. The molecule has 0 bridgehead atoms. The molecule has 1 fully saturated rings. The number of fused-ring (bicyclic) bond motifs is 1. The Balaban J connectivity index is 1.51. The number of nitrogens with one attached hydrogen (secondary N) is 2. The number of rotatable bonds is 8. The number of carbonyl (C=O) groups excluding carboxylic acids is 2. The van der Waals surface area contributed by atoms with Crippen LogP contribution in [0, 0.1) is 0 Å². The average Bonchev–Trinajstić information content (AvgIpc) is 3.27. The maximum Gasteiger partial charge on any atom is 0.352 e. The van der Waals surface area contributed by atoms with E-state index in [0.717, 1.165) is 28.0 Å². The number of carboxylic acid groups (broad SMARTS) is 1. The smallest absolute Gasteiger partial charge is 0.352 e. The zero-order valence-electron chi connectivity index (χ0n) is 18.6. The standard InChI is InChI=1S/C18H18N8O7S3/c1-25-18(22-12(28)13(29)23-25)36-4-6-3-34-15-9(14(30)26(15)10(6)16(31)32)21-11(27)8(24-33-2)7-5-35-17(19)20-7/h5,9,15H,3-4H2,1-2H3,(H2,19,20)(H,21,27)(H,23,29)(H,31,32)/b24-8-/t9-,15-/m0/s1. The summed E-state index contributed by atoms with van der Waals surface area (Å²) >= 11 is 3.41. The summed E-state index contributed by atoms with van der Waals surface area (Å²) in [5.74, 6) is -2.30. The Morgan fingerprint density at radius 3 is 2.78 bits per heavy atom. The molecule has 0 saturated carbocycles. The third-order valence-electron chi connectivity index (χ3n) is 5.02. The Morgan fingerprint density at radius 1 is 1.39 bits per heavy atom. The van der Waals surface area contributed by atoms with E-state index < -0.39 is 40.3 Å². The molecule has 15 nitrogen and oxygen atoms in total. The fourth-order valence-electron chi connectivity index (χ4n) is 3.44. The minimum absolute atomic E-state index is 0.102. The van der Waals surface area contributed by atoms with Gasteiger partial charge in [-0.15, -0.1) is 23.1 Å². The van der Waals surface area contributed by atoms with Crippen molar-refractivity contribution in [3.05, 3.63) is 43.1 Å². The van der Waals surface area contributed by atoms with Gasteiger partial charge in [-0.3, -0.25) is 33.9 Å². The van der Waals surface area contributed by atoms with E-state index in [2.05, 4.69) is 25.5 Å². The average molecular weight is 555 g/mol. The van der Waals surface area contributed by atoms with Crippen LogP contribution >= 0.6 is 34.9 Å². The van der Waals surface area contributed by atoms with E-state index in [1.807, 2.05) is 0 Å². The Morgan fingerprint density at radius 2 is 2.14 bits per heavy atom. The first-order valence-electron chi connectivity index (χ1n) is 9.96. The van der Waals surface area contributed by atoms with Crippen molar-refractivity contribution in [3.8, 4) is 0 Å². The number of aromatic amines is 1. The van der Waals surface area contributed by atoms with Crippen LogP contribution in [0.5, 0.6) is 0 Å². The van der Waals surface area contributed by atoms with Crippen LogP contribution in [-0.4, -0.2) is 83.3 Å². The first-order chi connectivity index (χ1) is 17.1. The van der Waals surface area contributed by atoms with Gasteiger partial charge in [0.05, 0.1) is 0 Å². The van der Waals surface area contributed by atoms with Gasteiger partial charge in [0.1, 0.15) is 29.9 Å². The van der Waals surface area contributed by atoms with Crippen LogP contribution in [0.1, 0.15) is 5.69 Å². The highest BCUT2D eigenvalue weighted by atomic mass is 32.2. The molecule has 0 spiro atoms. The highest BCUT2D eigenvalue weighted by Crippen LogP contribution is 2.41. The monoisotopic (exact) mass is 554 g/mol. The van der Waals surface area contributed by atoms with Gasteiger partial charge in [0, 0.05) is 23.9 Å². The number of aliphatic carboxylic acids is 1. The number of carboxylic acids is 1. The molecule has 190 valence electrons. The molecule has 36 heavy (non-hydrogen) atoms. The van der Waals surface area contributed by atoms with Gasteiger partial charge in [-0.25, -0.2) is 9.78 Å². The van der Waals surface area contributed by atoms with E-state index in [-0.39, 0.29) is 38.9 Å². The van der Waals surface area contributed by atoms with Crippen LogP contribution < -0.4 is 22.2 Å². The molecule has 2 amide bonds. The number of β-lactam (4-membered cyclic amide) rings is 1. The molecule has 0 aromatic carbocycles. The highest BCUT2D eigenvalue weighted by molar-refractivity contribution is 8.01. The maximum absolute atomic E-state index is 12.9. The zero-order valence-corrected chi connectivity index (χ0v) is 21.0. The predicted molar refractivity (Wildman–Crippen MR) is 131 cm³/mol. The van der Waals surface area contributed by atoms with Crippen molar-refractivity contribution in [2.75, 3.05) is 24.3 Å². The molecule has 2 atom stereocenters. The molecule has 2 aromatic heterocycles. The molecular weight excluding hydrogens is 536 g/mol. The molecule has 2 aliphatic heterocycles. The summed E-state index contributed by atoms with van der Waals surface area (Å²) < 4.78 is 1.25. The molecule has 0 unspecified atom stereocenters. The summed E-state index contributed by atoms with van der Waals surface area (Å²) in [4.78, 5) is 74.3. The predicted octanol–water partition coefficient (Wildman–Crippen LogP) is -1.61. The number of nitrogens with two attached hydrogens (primary N) is 1. The van der Waals surface area contributed by atoms with Gasteiger partial charge in [0.2, 0.25) is 0 Å². The lowest BCUT2D eigenvalue weighted by atomic mass is 10.0. The van der Waals surface area contributed by atoms with Gasteiger partial charge >= 0.3 is 17.1 Å². The first-order valence-corrected chi connectivity index (χ1v) is 12.9. The second kappa shape index (κ2) is 10.2. The summed E-state index contributed by atoms with van der Waals surface area (Å²) in [6.07, 6.45) is 0. The molecule has 0 radical (unpaired) electrons. The van der Waals surface area contributed by atoms with Gasteiger partial charge in [-0.1, -0.05) is 16.9 Å². The number of thiazole rings is 1. The van der Waals surface area contributed by atoms with Crippen LogP contribution in [0.2, 0.25) is 0 Å². The fourth-order valence-corrected chi connectivity index (χ4v) is 6.39. The second-order valence-corrected chi connectivity index (χ2v) is 10.2. The van der Waals surface area contributed by atoms with Crippen molar-refractivity contribution in [1.29, 1.82) is 0 Å². The number of carbonyl (C=O) groups is 3. The molecule has 0 aliphatic carbocycles. The number of H-pyrrole nitrogens is 1. The van der Waals surface area contributed by atoms with E-state index in [9.17, 15) is 29.1 Å². The fraction of sp³-hybridized carbons (Fsp3) is 0.333. The van der Waals surface area contributed by atoms with Crippen molar-refractivity contribution < 1.29 is 24.3 Å². The van der Waals surface area contributed by atoms with Gasteiger partial charge in [0.25, 0.3) is 11.8 Å². The Hall–Kier alpha value is -3.64. The summed E-state index contributed by atoms with van der Waals surface area (Å²) in [5, 5.41) is 19.6. The number of anilines is 1. The molecule has 2 aliphatic rings. The summed E-state index contributed by atoms with van der Waals surface area (Å²) in [6, 6.07) is -0.995. The lowest BCUT2D eigenvalue weighted by Crippen LogP contribution is -2.71. The minimum atomic E-state index is -1.31. The quantitative estimate of drug-likeness (QED) is 0.0953. The topological polar surface area (TPSA) is 215 Å². The zero-order chi connectivity index (χ0) is 26.1. The van der Waals surface area contributed by atoms with Crippen LogP contribution in [0.15, 0.2) is 36.6 Å². The largest absolute Gasteiger partial charge is 0.477 e. The molecule has 1 saturated heterocycles. The number of nitrogen functional groups attached to an aromatic ring is 1. The number of nitrogens with zero attached hydrogens (tertiary/aromatic N) is 5. The Bertz CT molecular complexity index is 1430. The number of amides is 2. The molecule has 18 heteroatoms. The number of hydrogen-bond donors (Lipinski definition) is 4. The van der Waals surface area contributed by atoms with Gasteiger partial charge < -0.3 is 21.0 Å². The summed E-state index contributed by atoms with van der Waals surface area (Å²) in [6.45, 7) is 0. The minimum Gasteiger partial charge on any atom is -0.477 e. The van der Waals surface area contributed by atoms with E-state index in [4.69, 9.17) is 10.6 Å². The molecular formula is C18H18N8O7S3. The van der Waals surface area contributed by atoms with Crippen molar-refractivity contribution in [3.63, 3.8) is 0 Å². The SMILES string of the molecule is CO/N=C(\C(=O)N[C@H]1C(=O)N2C(C(=O)O)=C(CSc3nc(=O)c(=O)[nH]n3C)CS[C@@H]12)c1csc(N)n1. The van der Waals surface area contributed by atoms with Crippen LogP contribution in [0.3, 0.4) is 0 Å². The summed E-state index contributed by atoms with van der Waals surface area (Å²) in [7, 11) is 2.74. The van der Waals surface area contributed by atoms with E-state index in [1.54, 1.807) is 0 Å². The third kappa shape index (κ3) is 4.73. The lowest BCUT2D eigenvalue weighted by molar-refractivity contribution is -0.150. The normalized spacial score (nSPS) is 19.6. The first kappa shape index (κ1) is 25.5. The Labute approximate surface area is 213 Å². The highest BCUT2D eigenvalue weighted by Gasteiger charge is 2.54. The van der Waals surface area contributed by atoms with Gasteiger partial charge in [-0.05, 0) is 5.57 Å². The number of thioether (sulfide) groups is 2. The van der Waals surface area contributed by atoms with Crippen molar-refractivity contribution >= 4 is 63.5 Å². The number of hydrogen-bond acceptors (Lipinski definition) is 13. The van der Waals surface area contributed by atoms with Crippen molar-refractivity contribution in [2.45, 2.75) is 16.6 Å². The third-order valence-corrected chi connectivity index (χ3v) is 8.15. The van der Waals surface area contributed by atoms with Gasteiger partial charge in [0.15, 0.2) is 16.0 Å². The molecule has 2 aromatic rings. The molecule has 5 N–H and O–H groups in total. The van der Waals surface area contributed by atoms with Crippen molar-refractivity contribution in [2.24, 2.45) is 12.2 Å². The lowest BCUT2D eigenvalue weighted by Gasteiger charge is -2.49. The maximum atomic E-state index is 12.9. The van der Waals surface area contributed by atoms with Crippen LogP contribution in [0.25, 0.3) is 0 Å². The van der Waals surface area contributed by atoms with E-state index in [1.165, 1.54) is 36.0 Å². The number of aromatic nitrogens is 4. The van der Waals surface area contributed by atoms with E-state index >= 15 is 0 Å². The Kier molecular flexibility index (Phi) is 7.18. The van der Waals surface area contributed by atoms with Gasteiger partial charge in [-0.2, -0.15) is 4.98 Å². The van der Waals surface area contributed by atoms with Crippen LogP contribution in [-0.2, 0) is 26.3 Å². The van der Waals surface area contributed by atoms with Crippen molar-refractivity contribution in [1.82, 2.24) is 30.0 Å². The number of oxime groups is 1. The molecule has 4 rings (SSSR count). The number of aryl methyl sites for hydroxylation is 1. The van der Waals surface area contributed by atoms with Crippen LogP contribution in [0.4, 0.5) is 5.13 Å². The summed E-state index contributed by atoms with van der Waals surface area (Å²) in [5.41, 5.74) is 4.00. The van der Waals surface area contributed by atoms with E-state index in [0.29, 0.717) is 5.57 Å².